The average Bonchev–Trinajstić information content (AvgIpc) is 3.28. The molecule has 0 unspecified atom stereocenters. The van der Waals surface area contributed by atoms with Crippen LogP contribution in [0, 0.1) is 5.92 Å². The third kappa shape index (κ3) is 5.37. The van der Waals surface area contributed by atoms with Crippen molar-refractivity contribution in [2.45, 2.75) is 51.6 Å². The van der Waals surface area contributed by atoms with Gasteiger partial charge in [-0.25, -0.2) is 4.98 Å². The number of aromatic nitrogens is 1. The Hall–Kier alpha value is -1.92. The number of carbonyl (C=O) groups excluding carboxylic acids is 1. The van der Waals surface area contributed by atoms with E-state index < -0.39 is 0 Å². The van der Waals surface area contributed by atoms with Crippen molar-refractivity contribution >= 4 is 22.9 Å². The van der Waals surface area contributed by atoms with Crippen LogP contribution in [0.5, 0.6) is 0 Å². The lowest BCUT2D eigenvalue weighted by Crippen LogP contribution is -2.42. The van der Waals surface area contributed by atoms with Crippen molar-refractivity contribution in [1.82, 2.24) is 15.2 Å². The van der Waals surface area contributed by atoms with E-state index in [9.17, 15) is 4.79 Å². The zero-order chi connectivity index (χ0) is 20.1. The van der Waals surface area contributed by atoms with Crippen LogP contribution in [0.4, 0.5) is 5.69 Å². The quantitative estimate of drug-likeness (QED) is 0.772. The molecule has 2 aliphatic heterocycles. The van der Waals surface area contributed by atoms with E-state index >= 15 is 0 Å². The van der Waals surface area contributed by atoms with Gasteiger partial charge in [-0.15, -0.1) is 11.3 Å². The molecule has 0 spiro atoms. The summed E-state index contributed by atoms with van der Waals surface area (Å²) in [6, 6.07) is 9.19. The van der Waals surface area contributed by atoms with E-state index in [1.807, 2.05) is 11.6 Å². The van der Waals surface area contributed by atoms with Gasteiger partial charge in [0, 0.05) is 50.4 Å². The summed E-state index contributed by atoms with van der Waals surface area (Å²) in [5, 5.41) is 6.18. The summed E-state index contributed by atoms with van der Waals surface area (Å²) in [4.78, 5) is 21.3. The highest BCUT2D eigenvalue weighted by atomic mass is 32.1. The highest BCUT2D eigenvalue weighted by Crippen LogP contribution is 2.31. The molecule has 1 N–H and O–H groups in total. The molecular weight excluding hydrogens is 380 g/mol. The molecule has 2 saturated heterocycles. The molecule has 0 saturated carbocycles. The van der Waals surface area contributed by atoms with E-state index in [2.05, 4.69) is 44.4 Å². The number of carbonyl (C=O) groups is 1. The molecule has 156 valence electrons. The topological polar surface area (TPSA) is 48.5 Å². The van der Waals surface area contributed by atoms with E-state index in [4.69, 9.17) is 0 Å². The summed E-state index contributed by atoms with van der Waals surface area (Å²) in [6.45, 7) is 7.07. The number of nitrogens with zero attached hydrogens (tertiary/aromatic N) is 3. The van der Waals surface area contributed by atoms with E-state index in [0.29, 0.717) is 5.92 Å². The normalized spacial score (nSPS) is 21.7. The van der Waals surface area contributed by atoms with Gasteiger partial charge in [0.15, 0.2) is 0 Å². The molecule has 1 aromatic carbocycles. The first-order valence-electron chi connectivity index (χ1n) is 10.9. The molecule has 0 bridgehead atoms. The Morgan fingerprint density at radius 2 is 1.97 bits per heavy atom. The van der Waals surface area contributed by atoms with Crippen LogP contribution in [0.15, 0.2) is 35.8 Å². The second-order valence-electron chi connectivity index (χ2n) is 8.40. The molecule has 1 amide bonds. The van der Waals surface area contributed by atoms with Crippen molar-refractivity contribution in [3.8, 4) is 0 Å². The molecule has 5 nitrogen and oxygen atoms in total. The van der Waals surface area contributed by atoms with Gasteiger partial charge in [0.05, 0.1) is 6.04 Å². The molecule has 0 radical (unpaired) electrons. The monoisotopic (exact) mass is 412 g/mol. The Morgan fingerprint density at radius 1 is 1.17 bits per heavy atom. The lowest BCUT2D eigenvalue weighted by molar-refractivity contribution is -0.120. The third-order valence-corrected chi connectivity index (χ3v) is 7.01. The number of nitrogens with one attached hydrogen (secondary N) is 1. The lowest BCUT2D eigenvalue weighted by Gasteiger charge is -2.36. The van der Waals surface area contributed by atoms with Crippen molar-refractivity contribution < 1.29 is 4.79 Å². The van der Waals surface area contributed by atoms with Crippen LogP contribution in [0.25, 0.3) is 0 Å². The second kappa shape index (κ2) is 9.72. The number of thiazole rings is 1. The van der Waals surface area contributed by atoms with Crippen molar-refractivity contribution in [1.29, 1.82) is 0 Å². The lowest BCUT2D eigenvalue weighted by atomic mass is 9.90. The van der Waals surface area contributed by atoms with Crippen molar-refractivity contribution in [2.75, 3.05) is 31.1 Å². The molecule has 29 heavy (non-hydrogen) atoms. The van der Waals surface area contributed by atoms with Crippen LogP contribution < -0.4 is 10.2 Å². The molecule has 1 aromatic heterocycles. The minimum atomic E-state index is 0.0237. The molecule has 4 rings (SSSR count). The molecule has 2 atom stereocenters. The second-order valence-corrected chi connectivity index (χ2v) is 9.33. The maximum Gasteiger partial charge on any atom is 0.217 e. The van der Waals surface area contributed by atoms with Crippen molar-refractivity contribution in [2.24, 2.45) is 5.92 Å². The van der Waals surface area contributed by atoms with Gasteiger partial charge < -0.3 is 10.2 Å². The standard InChI is InChI=1S/C23H32N4OS/c1-18(28)25-22(23-24-11-15-29-23)20-6-5-12-26(17-20)16-19-7-9-21(10-8-19)27-13-3-2-4-14-27/h7-11,15,20,22H,2-6,12-14,16-17H2,1H3,(H,25,28)/t20-,22-/m1/s1. The first-order valence-corrected chi connectivity index (χ1v) is 11.8. The predicted molar refractivity (Wildman–Crippen MR) is 119 cm³/mol. The fourth-order valence-electron chi connectivity index (χ4n) is 4.72. The number of rotatable bonds is 6. The Balaban J connectivity index is 1.38. The van der Waals surface area contributed by atoms with E-state index in [1.165, 1.54) is 43.6 Å². The van der Waals surface area contributed by atoms with Crippen molar-refractivity contribution in [3.63, 3.8) is 0 Å². The minimum Gasteiger partial charge on any atom is -0.372 e. The molecule has 6 heteroatoms. The summed E-state index contributed by atoms with van der Waals surface area (Å²) in [5.74, 6) is 0.432. The van der Waals surface area contributed by atoms with Crippen LogP contribution >= 0.6 is 11.3 Å². The molecular formula is C23H32N4OS. The van der Waals surface area contributed by atoms with Gasteiger partial charge >= 0.3 is 0 Å². The smallest absolute Gasteiger partial charge is 0.217 e. The van der Waals surface area contributed by atoms with E-state index in [-0.39, 0.29) is 11.9 Å². The van der Waals surface area contributed by atoms with E-state index in [1.54, 1.807) is 18.3 Å². The molecule has 3 heterocycles. The van der Waals surface area contributed by atoms with Crippen LogP contribution in [0.3, 0.4) is 0 Å². The third-order valence-electron chi connectivity index (χ3n) is 6.15. The van der Waals surface area contributed by atoms with Gasteiger partial charge in [-0.3, -0.25) is 9.69 Å². The van der Waals surface area contributed by atoms with Gasteiger partial charge in [-0.05, 0) is 62.3 Å². The molecule has 2 fully saturated rings. The first kappa shape index (κ1) is 20.4. The summed E-state index contributed by atoms with van der Waals surface area (Å²) in [7, 11) is 0. The summed E-state index contributed by atoms with van der Waals surface area (Å²) in [6.07, 6.45) is 8.12. The average molecular weight is 413 g/mol. The van der Waals surface area contributed by atoms with Crippen LogP contribution in [0.2, 0.25) is 0 Å². The minimum absolute atomic E-state index is 0.0237. The predicted octanol–water partition coefficient (Wildman–Crippen LogP) is 4.22. The molecule has 0 aliphatic carbocycles. The van der Waals surface area contributed by atoms with E-state index in [0.717, 1.165) is 37.5 Å². The summed E-state index contributed by atoms with van der Waals surface area (Å²) in [5.41, 5.74) is 2.73. The maximum absolute atomic E-state index is 11.8. The largest absolute Gasteiger partial charge is 0.372 e. The van der Waals surface area contributed by atoms with Gasteiger partial charge in [0.25, 0.3) is 0 Å². The molecule has 2 aliphatic rings. The Kier molecular flexibility index (Phi) is 6.82. The Bertz CT molecular complexity index is 771. The van der Waals surface area contributed by atoms with Crippen LogP contribution in [-0.4, -0.2) is 42.0 Å². The van der Waals surface area contributed by atoms with Crippen LogP contribution in [0.1, 0.15) is 55.6 Å². The fourth-order valence-corrected chi connectivity index (χ4v) is 5.50. The number of amides is 1. The zero-order valence-electron chi connectivity index (χ0n) is 17.3. The van der Waals surface area contributed by atoms with Gasteiger partial charge in [0.1, 0.15) is 5.01 Å². The fraction of sp³-hybridized carbons (Fsp3) is 0.565. The number of benzene rings is 1. The number of piperidine rings is 2. The number of likely N-dealkylation sites (tertiary alicyclic amines) is 1. The highest BCUT2D eigenvalue weighted by molar-refractivity contribution is 7.09. The summed E-state index contributed by atoms with van der Waals surface area (Å²) < 4.78 is 0. The molecule has 2 aromatic rings. The van der Waals surface area contributed by atoms with Crippen LogP contribution in [-0.2, 0) is 11.3 Å². The van der Waals surface area contributed by atoms with Crippen molar-refractivity contribution in [3.05, 3.63) is 46.4 Å². The van der Waals surface area contributed by atoms with Gasteiger partial charge in [-0.1, -0.05) is 12.1 Å². The SMILES string of the molecule is CC(=O)N[C@@H](c1nccs1)[C@@H]1CCCN(Cc2ccc(N3CCCCC3)cc2)C1. The van der Waals surface area contributed by atoms with Gasteiger partial charge in [-0.2, -0.15) is 0 Å². The first-order chi connectivity index (χ1) is 14.2. The number of hydrogen-bond acceptors (Lipinski definition) is 5. The zero-order valence-corrected chi connectivity index (χ0v) is 18.2. The number of hydrogen-bond donors (Lipinski definition) is 1. The van der Waals surface area contributed by atoms with Gasteiger partial charge in [0.2, 0.25) is 5.91 Å². The maximum atomic E-state index is 11.8. The summed E-state index contributed by atoms with van der Waals surface area (Å²) >= 11 is 1.64. The number of anilines is 1. The Labute approximate surface area is 178 Å². The highest BCUT2D eigenvalue weighted by Gasteiger charge is 2.30. The Morgan fingerprint density at radius 3 is 2.66 bits per heavy atom.